The first kappa shape index (κ1) is 12.3. The van der Waals surface area contributed by atoms with Crippen LogP contribution in [-0.4, -0.2) is 12.1 Å². The highest BCUT2D eigenvalue weighted by Gasteiger charge is 2.28. The van der Waals surface area contributed by atoms with Crippen LogP contribution in [0.2, 0.25) is 0 Å². The summed E-state index contributed by atoms with van der Waals surface area (Å²) in [5, 5.41) is 0. The van der Waals surface area contributed by atoms with Crippen molar-refractivity contribution in [3.63, 3.8) is 0 Å². The van der Waals surface area contributed by atoms with Crippen LogP contribution in [0.25, 0.3) is 0 Å². The monoisotopic (exact) mass is 241 g/mol. The Bertz CT molecular complexity index is 397. The van der Waals surface area contributed by atoms with Gasteiger partial charge in [0.25, 0.3) is 0 Å². The van der Waals surface area contributed by atoms with E-state index in [9.17, 15) is 8.78 Å². The summed E-state index contributed by atoms with van der Waals surface area (Å²) in [6.07, 6.45) is 2.49. The maximum absolute atomic E-state index is 13.4. The third-order valence-electron chi connectivity index (χ3n) is 3.30. The molecule has 4 heteroatoms. The van der Waals surface area contributed by atoms with E-state index in [4.69, 9.17) is 10.5 Å². The maximum atomic E-state index is 13.4. The molecule has 2 N–H and O–H groups in total. The molecule has 2 nitrogen and oxygen atoms in total. The lowest BCUT2D eigenvalue weighted by molar-refractivity contribution is 0.102. The molecular formula is C13H17F2NO. The number of benzene rings is 1. The number of hydrogen-bond donors (Lipinski definition) is 1. The Morgan fingerprint density at radius 3 is 2.82 bits per heavy atom. The molecule has 0 spiro atoms. The van der Waals surface area contributed by atoms with Gasteiger partial charge in [-0.2, -0.15) is 4.39 Å². The van der Waals surface area contributed by atoms with E-state index >= 15 is 0 Å². The highest BCUT2D eigenvalue weighted by molar-refractivity contribution is 5.25. The van der Waals surface area contributed by atoms with Crippen LogP contribution < -0.4 is 10.5 Å². The summed E-state index contributed by atoms with van der Waals surface area (Å²) < 4.78 is 32.0. The predicted octanol–water partition coefficient (Wildman–Crippen LogP) is 2.86. The van der Waals surface area contributed by atoms with Gasteiger partial charge < -0.3 is 10.5 Å². The van der Waals surface area contributed by atoms with E-state index in [0.717, 1.165) is 25.3 Å². The van der Waals surface area contributed by atoms with Crippen molar-refractivity contribution in [2.24, 2.45) is 11.7 Å². The van der Waals surface area contributed by atoms with Gasteiger partial charge in [0.05, 0.1) is 0 Å². The lowest BCUT2D eigenvalue weighted by Gasteiger charge is -2.32. The van der Waals surface area contributed by atoms with Gasteiger partial charge in [0.1, 0.15) is 6.10 Å². The largest absolute Gasteiger partial charge is 0.486 e. The van der Waals surface area contributed by atoms with E-state index < -0.39 is 11.6 Å². The van der Waals surface area contributed by atoms with E-state index in [1.807, 2.05) is 0 Å². The molecule has 17 heavy (non-hydrogen) atoms. The zero-order valence-corrected chi connectivity index (χ0v) is 9.83. The normalized spacial score (nSPS) is 29.1. The van der Waals surface area contributed by atoms with Gasteiger partial charge in [-0.25, -0.2) is 4.39 Å². The average molecular weight is 241 g/mol. The maximum Gasteiger partial charge on any atom is 0.200 e. The first-order chi connectivity index (χ1) is 8.08. The fraction of sp³-hybridized carbons (Fsp3) is 0.538. The Balaban J connectivity index is 2.11. The summed E-state index contributed by atoms with van der Waals surface area (Å²) in [4.78, 5) is 0. The van der Waals surface area contributed by atoms with Crippen molar-refractivity contribution >= 4 is 0 Å². The van der Waals surface area contributed by atoms with Gasteiger partial charge in [-0.1, -0.05) is 13.0 Å². The molecule has 1 aromatic rings. The fourth-order valence-electron chi connectivity index (χ4n) is 2.23. The van der Waals surface area contributed by atoms with Crippen molar-refractivity contribution in [2.75, 3.05) is 0 Å². The Morgan fingerprint density at radius 1 is 1.29 bits per heavy atom. The molecule has 0 aromatic heterocycles. The van der Waals surface area contributed by atoms with Crippen LogP contribution in [0.3, 0.4) is 0 Å². The van der Waals surface area contributed by atoms with E-state index in [-0.39, 0.29) is 17.9 Å². The third-order valence-corrected chi connectivity index (χ3v) is 3.30. The molecule has 1 saturated carbocycles. The van der Waals surface area contributed by atoms with Crippen molar-refractivity contribution in [1.82, 2.24) is 0 Å². The summed E-state index contributed by atoms with van der Waals surface area (Å²) in [5.41, 5.74) is 5.94. The minimum absolute atomic E-state index is 0.0421. The SMILES string of the molecule is CC1CCC(N)C(Oc2cccc(F)c2F)C1. The Labute approximate surface area is 99.8 Å². The molecule has 1 aliphatic carbocycles. The van der Waals surface area contributed by atoms with Gasteiger partial charge in [0.2, 0.25) is 5.82 Å². The molecule has 1 aliphatic rings. The van der Waals surface area contributed by atoms with Crippen LogP contribution in [-0.2, 0) is 0 Å². The van der Waals surface area contributed by atoms with E-state index in [2.05, 4.69) is 6.92 Å². The van der Waals surface area contributed by atoms with Crippen LogP contribution in [0.4, 0.5) is 8.78 Å². The third kappa shape index (κ3) is 2.75. The van der Waals surface area contributed by atoms with Crippen LogP contribution in [0.1, 0.15) is 26.2 Å². The molecule has 0 radical (unpaired) electrons. The van der Waals surface area contributed by atoms with E-state index in [0.29, 0.717) is 5.92 Å². The van der Waals surface area contributed by atoms with Crippen LogP contribution >= 0.6 is 0 Å². The number of nitrogens with two attached hydrogens (primary N) is 1. The molecule has 0 aliphatic heterocycles. The summed E-state index contributed by atoms with van der Waals surface area (Å²) in [5.74, 6) is -1.35. The Hall–Kier alpha value is -1.16. The number of ether oxygens (including phenoxy) is 1. The van der Waals surface area contributed by atoms with Gasteiger partial charge in [-0.3, -0.25) is 0 Å². The second-order valence-corrected chi connectivity index (χ2v) is 4.79. The molecule has 0 amide bonds. The molecule has 0 saturated heterocycles. The van der Waals surface area contributed by atoms with Gasteiger partial charge >= 0.3 is 0 Å². The smallest absolute Gasteiger partial charge is 0.200 e. The minimum atomic E-state index is -0.932. The summed E-state index contributed by atoms with van der Waals surface area (Å²) in [6, 6.07) is 3.84. The highest BCUT2D eigenvalue weighted by atomic mass is 19.2. The van der Waals surface area contributed by atoms with Gasteiger partial charge in [0.15, 0.2) is 11.6 Å². The molecule has 0 bridgehead atoms. The molecule has 0 heterocycles. The van der Waals surface area contributed by atoms with Gasteiger partial charge in [-0.15, -0.1) is 0 Å². The number of halogens is 2. The quantitative estimate of drug-likeness (QED) is 0.864. The lowest BCUT2D eigenvalue weighted by atomic mass is 9.85. The zero-order chi connectivity index (χ0) is 12.4. The molecule has 1 fully saturated rings. The topological polar surface area (TPSA) is 35.2 Å². The second-order valence-electron chi connectivity index (χ2n) is 4.79. The average Bonchev–Trinajstić information content (AvgIpc) is 2.30. The van der Waals surface area contributed by atoms with Gasteiger partial charge in [-0.05, 0) is 37.3 Å². The van der Waals surface area contributed by atoms with Crippen LogP contribution in [0.5, 0.6) is 5.75 Å². The molecule has 3 atom stereocenters. The van der Waals surface area contributed by atoms with Crippen LogP contribution in [0.15, 0.2) is 18.2 Å². The van der Waals surface area contributed by atoms with E-state index in [1.165, 1.54) is 12.1 Å². The second kappa shape index (κ2) is 5.00. The Morgan fingerprint density at radius 2 is 2.06 bits per heavy atom. The summed E-state index contributed by atoms with van der Waals surface area (Å²) in [7, 11) is 0. The first-order valence-corrected chi connectivity index (χ1v) is 5.94. The first-order valence-electron chi connectivity index (χ1n) is 5.94. The fourth-order valence-corrected chi connectivity index (χ4v) is 2.23. The van der Waals surface area contributed by atoms with Crippen molar-refractivity contribution in [2.45, 2.75) is 38.3 Å². The van der Waals surface area contributed by atoms with Crippen molar-refractivity contribution < 1.29 is 13.5 Å². The highest BCUT2D eigenvalue weighted by Crippen LogP contribution is 2.28. The van der Waals surface area contributed by atoms with Crippen LogP contribution in [0, 0.1) is 17.6 Å². The molecule has 2 rings (SSSR count). The number of rotatable bonds is 2. The molecule has 1 aromatic carbocycles. The number of hydrogen-bond acceptors (Lipinski definition) is 2. The standard InChI is InChI=1S/C13H17F2NO/c1-8-5-6-10(16)12(7-8)17-11-4-2-3-9(14)13(11)15/h2-4,8,10,12H,5-7,16H2,1H3. The molecule has 3 unspecified atom stereocenters. The Kier molecular flexibility index (Phi) is 3.62. The zero-order valence-electron chi connectivity index (χ0n) is 9.83. The molecular weight excluding hydrogens is 224 g/mol. The van der Waals surface area contributed by atoms with Crippen molar-refractivity contribution in [1.29, 1.82) is 0 Å². The summed E-state index contributed by atoms with van der Waals surface area (Å²) >= 11 is 0. The van der Waals surface area contributed by atoms with E-state index in [1.54, 1.807) is 0 Å². The van der Waals surface area contributed by atoms with Crippen molar-refractivity contribution in [3.05, 3.63) is 29.8 Å². The lowest BCUT2D eigenvalue weighted by Crippen LogP contribution is -2.43. The van der Waals surface area contributed by atoms with Crippen molar-refractivity contribution in [3.8, 4) is 5.75 Å². The predicted molar refractivity (Wildman–Crippen MR) is 61.8 cm³/mol. The summed E-state index contributed by atoms with van der Waals surface area (Å²) in [6.45, 7) is 2.12. The minimum Gasteiger partial charge on any atom is -0.486 e. The van der Waals surface area contributed by atoms with Gasteiger partial charge in [0, 0.05) is 6.04 Å². The molecule has 94 valence electrons.